The molecule has 1 aromatic carbocycles. The third-order valence-corrected chi connectivity index (χ3v) is 6.25. The molecule has 0 spiro atoms. The number of nitrogens with zero attached hydrogens (tertiary/aromatic N) is 2. The average molecular weight is 446 g/mol. The monoisotopic (exact) mass is 445 g/mol. The molecule has 2 heterocycles. The number of hydrogen-bond acceptors (Lipinski definition) is 6. The molecule has 32 heavy (non-hydrogen) atoms. The summed E-state index contributed by atoms with van der Waals surface area (Å²) in [5, 5.41) is 9.76. The highest BCUT2D eigenvalue weighted by Crippen LogP contribution is 2.27. The van der Waals surface area contributed by atoms with Crippen LogP contribution in [0.3, 0.4) is 0 Å². The minimum Gasteiger partial charge on any atom is -0.445 e. The van der Waals surface area contributed by atoms with Gasteiger partial charge in [0.2, 0.25) is 11.8 Å². The Balaban J connectivity index is 1.63. The number of nitrogens with two attached hydrogens (primary N) is 1. The Labute approximate surface area is 187 Å². The second-order valence-electron chi connectivity index (χ2n) is 8.50. The summed E-state index contributed by atoms with van der Waals surface area (Å²) in [4.78, 5) is 53.3. The van der Waals surface area contributed by atoms with Crippen LogP contribution in [0.25, 0.3) is 0 Å². The summed E-state index contributed by atoms with van der Waals surface area (Å²) in [6.45, 7) is 2.37. The molecule has 3 amide bonds. The summed E-state index contributed by atoms with van der Waals surface area (Å²) < 4.78 is 5.40. The van der Waals surface area contributed by atoms with Crippen molar-refractivity contribution in [3.8, 4) is 0 Å². The normalized spacial score (nSPS) is 22.4. The maximum atomic E-state index is 13.3. The van der Waals surface area contributed by atoms with Crippen molar-refractivity contribution < 1.29 is 29.0 Å². The summed E-state index contributed by atoms with van der Waals surface area (Å²) in [6.07, 6.45) is 0.518. The third-order valence-electron chi connectivity index (χ3n) is 6.25. The standard InChI is InChI=1S/C23H31N3O6/c1-15(27)17(21(24)29)13-20(28)18-9-5-11-25(18)22(30)19-10-6-12-26(19)23(31)32-14-16-7-3-2-4-8-16/h2-4,7-8,15,17-19,27H,5-6,9-14H2,1H3,(H2,24,29)/t15-,17+,18-,19-/m1/s1. The fourth-order valence-electron chi connectivity index (χ4n) is 4.46. The van der Waals surface area contributed by atoms with E-state index in [4.69, 9.17) is 10.5 Å². The molecule has 1 aromatic rings. The lowest BCUT2D eigenvalue weighted by atomic mass is 9.92. The molecular formula is C23H31N3O6. The van der Waals surface area contributed by atoms with E-state index in [1.807, 2.05) is 30.3 Å². The quantitative estimate of drug-likeness (QED) is 0.619. The van der Waals surface area contributed by atoms with Gasteiger partial charge in [-0.05, 0) is 38.2 Å². The zero-order valence-electron chi connectivity index (χ0n) is 18.3. The number of aliphatic hydroxyl groups is 1. The number of carbonyl (C=O) groups is 4. The molecule has 0 unspecified atom stereocenters. The molecule has 3 rings (SSSR count). The molecule has 9 nitrogen and oxygen atoms in total. The molecule has 0 saturated carbocycles. The highest BCUT2D eigenvalue weighted by molar-refractivity contribution is 5.94. The highest BCUT2D eigenvalue weighted by atomic mass is 16.6. The number of aliphatic hydroxyl groups excluding tert-OH is 1. The van der Waals surface area contributed by atoms with Crippen LogP contribution in [-0.2, 0) is 25.7 Å². The van der Waals surface area contributed by atoms with Crippen molar-refractivity contribution in [2.45, 2.75) is 63.8 Å². The number of ether oxygens (including phenoxy) is 1. The molecule has 4 atom stereocenters. The Morgan fingerprint density at radius 2 is 1.69 bits per heavy atom. The van der Waals surface area contributed by atoms with Crippen LogP contribution >= 0.6 is 0 Å². The van der Waals surface area contributed by atoms with E-state index in [1.54, 1.807) is 0 Å². The van der Waals surface area contributed by atoms with Crippen LogP contribution in [0.4, 0.5) is 4.79 Å². The van der Waals surface area contributed by atoms with Crippen molar-refractivity contribution >= 4 is 23.7 Å². The number of ketones is 1. The molecule has 2 saturated heterocycles. The molecule has 0 bridgehead atoms. The lowest BCUT2D eigenvalue weighted by Gasteiger charge is -2.31. The number of hydrogen-bond donors (Lipinski definition) is 2. The summed E-state index contributed by atoms with van der Waals surface area (Å²) >= 11 is 0. The lowest BCUT2D eigenvalue weighted by molar-refractivity contribution is -0.142. The number of primary amides is 1. The van der Waals surface area contributed by atoms with Gasteiger partial charge in [-0.15, -0.1) is 0 Å². The number of carbonyl (C=O) groups excluding carboxylic acids is 4. The molecule has 2 aliphatic heterocycles. The van der Waals surface area contributed by atoms with Crippen LogP contribution in [-0.4, -0.2) is 69.9 Å². The number of benzene rings is 1. The van der Waals surface area contributed by atoms with E-state index >= 15 is 0 Å². The molecule has 3 N–H and O–H groups in total. The number of Topliss-reactive ketones (excluding diaryl/α,β-unsaturated/α-hetero) is 1. The smallest absolute Gasteiger partial charge is 0.410 e. The van der Waals surface area contributed by atoms with E-state index in [-0.39, 0.29) is 24.7 Å². The zero-order valence-corrected chi connectivity index (χ0v) is 18.3. The molecule has 0 aliphatic carbocycles. The van der Waals surface area contributed by atoms with E-state index in [1.165, 1.54) is 16.7 Å². The minimum absolute atomic E-state index is 0.121. The molecule has 2 aliphatic rings. The predicted octanol–water partition coefficient (Wildman–Crippen LogP) is 1.22. The van der Waals surface area contributed by atoms with Gasteiger partial charge in [0, 0.05) is 19.5 Å². The SMILES string of the molecule is C[C@@H](O)[C@H](CC(=O)[C@H]1CCCN1C(=O)[C@H]1CCCN1C(=O)OCc1ccccc1)C(N)=O. The van der Waals surface area contributed by atoms with Gasteiger partial charge in [-0.2, -0.15) is 0 Å². The van der Waals surface area contributed by atoms with Crippen molar-refractivity contribution in [1.29, 1.82) is 0 Å². The van der Waals surface area contributed by atoms with Gasteiger partial charge in [0.15, 0.2) is 5.78 Å². The van der Waals surface area contributed by atoms with Crippen LogP contribution in [0.15, 0.2) is 30.3 Å². The van der Waals surface area contributed by atoms with Crippen molar-refractivity contribution in [3.63, 3.8) is 0 Å². The fraction of sp³-hybridized carbons (Fsp3) is 0.565. The molecule has 9 heteroatoms. The van der Waals surface area contributed by atoms with Crippen LogP contribution in [0, 0.1) is 5.92 Å². The van der Waals surface area contributed by atoms with E-state index in [0.717, 1.165) is 5.56 Å². The first kappa shape index (κ1) is 23.7. The first-order valence-corrected chi connectivity index (χ1v) is 11.1. The summed E-state index contributed by atoms with van der Waals surface area (Å²) in [7, 11) is 0. The van der Waals surface area contributed by atoms with Gasteiger partial charge in [-0.1, -0.05) is 30.3 Å². The second-order valence-corrected chi connectivity index (χ2v) is 8.50. The first-order valence-electron chi connectivity index (χ1n) is 11.1. The second kappa shape index (κ2) is 10.6. The number of rotatable bonds is 8. The topological polar surface area (TPSA) is 130 Å². The Morgan fingerprint density at radius 1 is 1.06 bits per heavy atom. The van der Waals surface area contributed by atoms with Crippen LogP contribution in [0.1, 0.15) is 44.6 Å². The zero-order chi connectivity index (χ0) is 23.3. The van der Waals surface area contributed by atoms with E-state index < -0.39 is 36.1 Å². The van der Waals surface area contributed by atoms with Crippen molar-refractivity contribution in [3.05, 3.63) is 35.9 Å². The minimum atomic E-state index is -1.05. The molecular weight excluding hydrogens is 414 g/mol. The molecule has 0 radical (unpaired) electrons. The van der Waals surface area contributed by atoms with Gasteiger partial charge in [0.05, 0.1) is 18.1 Å². The van der Waals surface area contributed by atoms with Crippen molar-refractivity contribution in [1.82, 2.24) is 9.80 Å². The van der Waals surface area contributed by atoms with Crippen LogP contribution in [0.2, 0.25) is 0 Å². The molecule has 174 valence electrons. The lowest BCUT2D eigenvalue weighted by Crippen LogP contribution is -2.51. The Hall–Kier alpha value is -2.94. The molecule has 2 fully saturated rings. The van der Waals surface area contributed by atoms with Gasteiger partial charge >= 0.3 is 6.09 Å². The summed E-state index contributed by atoms with van der Waals surface area (Å²) in [5.74, 6) is -2.30. The summed E-state index contributed by atoms with van der Waals surface area (Å²) in [5.41, 5.74) is 6.17. The van der Waals surface area contributed by atoms with E-state index in [2.05, 4.69) is 0 Å². The predicted molar refractivity (Wildman–Crippen MR) is 115 cm³/mol. The van der Waals surface area contributed by atoms with Gasteiger partial charge < -0.3 is 20.5 Å². The van der Waals surface area contributed by atoms with E-state index in [0.29, 0.717) is 38.8 Å². The largest absolute Gasteiger partial charge is 0.445 e. The number of amides is 3. The maximum Gasteiger partial charge on any atom is 0.410 e. The average Bonchev–Trinajstić information content (AvgIpc) is 3.45. The summed E-state index contributed by atoms with van der Waals surface area (Å²) in [6, 6.07) is 7.95. The highest BCUT2D eigenvalue weighted by Gasteiger charge is 2.43. The Kier molecular flexibility index (Phi) is 7.84. The van der Waals surface area contributed by atoms with Crippen molar-refractivity contribution in [2.24, 2.45) is 11.7 Å². The van der Waals surface area contributed by atoms with Gasteiger partial charge in [-0.25, -0.2) is 4.79 Å². The van der Waals surface area contributed by atoms with Crippen molar-refractivity contribution in [2.75, 3.05) is 13.1 Å². The maximum absolute atomic E-state index is 13.3. The van der Waals surface area contributed by atoms with Gasteiger partial charge in [0.1, 0.15) is 12.6 Å². The third kappa shape index (κ3) is 5.45. The fourth-order valence-corrected chi connectivity index (χ4v) is 4.46. The number of likely N-dealkylation sites (tertiary alicyclic amines) is 2. The van der Waals surface area contributed by atoms with E-state index in [9.17, 15) is 24.3 Å². The van der Waals surface area contributed by atoms with Gasteiger partial charge in [-0.3, -0.25) is 19.3 Å². The van der Waals surface area contributed by atoms with Gasteiger partial charge in [0.25, 0.3) is 0 Å². The van der Waals surface area contributed by atoms with Crippen LogP contribution < -0.4 is 5.73 Å². The Bertz CT molecular complexity index is 843. The molecule has 0 aromatic heterocycles. The Morgan fingerprint density at radius 3 is 2.31 bits per heavy atom. The first-order chi connectivity index (χ1) is 15.3. The van der Waals surface area contributed by atoms with Crippen LogP contribution in [0.5, 0.6) is 0 Å².